The van der Waals surface area contributed by atoms with E-state index in [0.717, 1.165) is 0 Å². The van der Waals surface area contributed by atoms with E-state index in [0.29, 0.717) is 10.6 Å². The molecule has 78 valence electrons. The Balaban J connectivity index is 2.79. The number of rotatable bonds is 4. The molecule has 0 aromatic heterocycles. The molecule has 14 heavy (non-hydrogen) atoms. The lowest BCUT2D eigenvalue weighted by atomic mass is 10.2. The number of hydrogen-bond acceptors (Lipinski definition) is 3. The Kier molecular flexibility index (Phi) is 3.92. The molecule has 0 saturated carbocycles. The molecule has 0 saturated heterocycles. The van der Waals surface area contributed by atoms with Crippen LogP contribution in [-0.2, 0) is 20.1 Å². The Hall–Kier alpha value is -0.580. The van der Waals surface area contributed by atoms with E-state index >= 15 is 0 Å². The first kappa shape index (κ1) is 11.5. The number of hydrogen-bond donors (Lipinski definition) is 0. The van der Waals surface area contributed by atoms with E-state index in [4.69, 9.17) is 11.6 Å². The Labute approximate surface area is 88.8 Å². The van der Waals surface area contributed by atoms with Crippen LogP contribution in [0.1, 0.15) is 12.5 Å². The Morgan fingerprint density at radius 2 is 2.14 bits per heavy atom. The summed E-state index contributed by atoms with van der Waals surface area (Å²) >= 11 is 5.72. The molecule has 0 radical (unpaired) electrons. The van der Waals surface area contributed by atoms with E-state index in [1.807, 2.05) is 0 Å². The highest BCUT2D eigenvalue weighted by molar-refractivity contribution is 7.85. The summed E-state index contributed by atoms with van der Waals surface area (Å²) in [5.41, 5.74) is 0.631. The third-order valence-corrected chi connectivity index (χ3v) is 3.05. The van der Waals surface area contributed by atoms with Crippen molar-refractivity contribution in [3.63, 3.8) is 0 Å². The van der Waals surface area contributed by atoms with Crippen LogP contribution in [0.25, 0.3) is 0 Å². The van der Waals surface area contributed by atoms with E-state index in [-0.39, 0.29) is 12.4 Å². The van der Waals surface area contributed by atoms with E-state index in [1.165, 1.54) is 0 Å². The van der Waals surface area contributed by atoms with Crippen molar-refractivity contribution in [1.29, 1.82) is 0 Å². The van der Waals surface area contributed by atoms with Crippen LogP contribution >= 0.6 is 11.6 Å². The minimum atomic E-state index is -3.46. The SMILES string of the molecule is CCOS(=O)(=O)Cc1cccc(Cl)c1. The van der Waals surface area contributed by atoms with Gasteiger partial charge in [0.15, 0.2) is 0 Å². The van der Waals surface area contributed by atoms with Crippen LogP contribution in [0.5, 0.6) is 0 Å². The van der Waals surface area contributed by atoms with Gasteiger partial charge in [-0.2, -0.15) is 8.42 Å². The molecule has 0 atom stereocenters. The molecule has 0 aliphatic rings. The third-order valence-electron chi connectivity index (χ3n) is 1.53. The summed E-state index contributed by atoms with van der Waals surface area (Å²) in [6.45, 7) is 1.79. The van der Waals surface area contributed by atoms with Crippen LogP contribution in [0.3, 0.4) is 0 Å². The molecular formula is C9H11ClO3S. The van der Waals surface area contributed by atoms with Crippen LogP contribution < -0.4 is 0 Å². The lowest BCUT2D eigenvalue weighted by molar-refractivity contribution is 0.337. The standard InChI is InChI=1S/C9H11ClO3S/c1-2-13-14(11,12)7-8-4-3-5-9(10)6-8/h3-6H,2,7H2,1H3. The average Bonchev–Trinajstić information content (AvgIpc) is 2.02. The van der Waals surface area contributed by atoms with Gasteiger partial charge in [-0.15, -0.1) is 0 Å². The molecule has 1 aromatic carbocycles. The van der Waals surface area contributed by atoms with Crippen molar-refractivity contribution in [2.75, 3.05) is 6.61 Å². The quantitative estimate of drug-likeness (QED) is 0.751. The molecule has 0 heterocycles. The van der Waals surface area contributed by atoms with Crippen LogP contribution in [0.15, 0.2) is 24.3 Å². The van der Waals surface area contributed by atoms with Gasteiger partial charge in [0, 0.05) is 5.02 Å². The maximum absolute atomic E-state index is 11.2. The second-order valence-corrected chi connectivity index (χ2v) is 4.81. The van der Waals surface area contributed by atoms with E-state index < -0.39 is 10.1 Å². The molecule has 3 nitrogen and oxygen atoms in total. The molecular weight excluding hydrogens is 224 g/mol. The van der Waals surface area contributed by atoms with E-state index in [9.17, 15) is 8.42 Å². The zero-order valence-corrected chi connectivity index (χ0v) is 9.31. The molecule has 0 N–H and O–H groups in total. The van der Waals surface area contributed by atoms with Gasteiger partial charge in [-0.25, -0.2) is 0 Å². The van der Waals surface area contributed by atoms with Crippen molar-refractivity contribution >= 4 is 21.7 Å². The molecule has 0 fully saturated rings. The average molecular weight is 235 g/mol. The predicted molar refractivity (Wildman–Crippen MR) is 55.7 cm³/mol. The summed E-state index contributed by atoms with van der Waals surface area (Å²) in [5, 5.41) is 0.522. The molecule has 0 aliphatic heterocycles. The highest BCUT2D eigenvalue weighted by Gasteiger charge is 2.11. The fraction of sp³-hybridized carbons (Fsp3) is 0.333. The summed E-state index contributed by atoms with van der Waals surface area (Å²) in [7, 11) is -3.46. The molecule has 0 unspecified atom stereocenters. The first-order valence-corrected chi connectivity index (χ1v) is 6.10. The summed E-state index contributed by atoms with van der Waals surface area (Å²) in [6, 6.07) is 6.71. The monoisotopic (exact) mass is 234 g/mol. The lowest BCUT2D eigenvalue weighted by Crippen LogP contribution is -2.08. The first-order valence-electron chi connectivity index (χ1n) is 4.15. The summed E-state index contributed by atoms with van der Waals surface area (Å²) < 4.78 is 27.1. The van der Waals surface area contributed by atoms with E-state index in [1.54, 1.807) is 31.2 Å². The van der Waals surface area contributed by atoms with Gasteiger partial charge in [0.05, 0.1) is 6.61 Å². The van der Waals surface area contributed by atoms with Gasteiger partial charge in [-0.3, -0.25) is 4.18 Å². The van der Waals surface area contributed by atoms with Crippen molar-refractivity contribution in [2.45, 2.75) is 12.7 Å². The van der Waals surface area contributed by atoms with Crippen LogP contribution in [0.4, 0.5) is 0 Å². The highest BCUT2D eigenvalue weighted by Crippen LogP contribution is 2.13. The minimum Gasteiger partial charge on any atom is -0.270 e. The van der Waals surface area contributed by atoms with Gasteiger partial charge in [0.25, 0.3) is 10.1 Å². The van der Waals surface area contributed by atoms with Crippen molar-refractivity contribution in [1.82, 2.24) is 0 Å². The second-order valence-electron chi connectivity index (χ2n) is 2.74. The van der Waals surface area contributed by atoms with Gasteiger partial charge in [0.1, 0.15) is 5.75 Å². The molecule has 0 bridgehead atoms. The zero-order valence-electron chi connectivity index (χ0n) is 7.73. The van der Waals surface area contributed by atoms with Gasteiger partial charge in [0.2, 0.25) is 0 Å². The normalized spacial score (nSPS) is 11.6. The summed E-state index contributed by atoms with van der Waals surface area (Å²) in [5.74, 6) is -0.138. The zero-order chi connectivity index (χ0) is 10.6. The highest BCUT2D eigenvalue weighted by atomic mass is 35.5. The third kappa shape index (κ3) is 3.65. The largest absolute Gasteiger partial charge is 0.271 e. The van der Waals surface area contributed by atoms with Crippen molar-refractivity contribution in [3.05, 3.63) is 34.9 Å². The smallest absolute Gasteiger partial charge is 0.270 e. The molecule has 0 amide bonds. The fourth-order valence-corrected chi connectivity index (χ4v) is 2.30. The minimum absolute atomic E-state index is 0.138. The van der Waals surface area contributed by atoms with Gasteiger partial charge in [-0.05, 0) is 24.6 Å². The number of benzene rings is 1. The second kappa shape index (κ2) is 4.77. The van der Waals surface area contributed by atoms with Gasteiger partial charge < -0.3 is 0 Å². The Bertz CT molecular complexity index is 400. The first-order chi connectivity index (χ1) is 6.53. The summed E-state index contributed by atoms with van der Waals surface area (Å²) in [4.78, 5) is 0. The molecule has 5 heteroatoms. The molecule has 1 aromatic rings. The van der Waals surface area contributed by atoms with Gasteiger partial charge >= 0.3 is 0 Å². The van der Waals surface area contributed by atoms with Crippen LogP contribution in [0, 0.1) is 0 Å². The molecule has 0 spiro atoms. The van der Waals surface area contributed by atoms with Crippen molar-refractivity contribution in [2.24, 2.45) is 0 Å². The lowest BCUT2D eigenvalue weighted by Gasteiger charge is -2.03. The Morgan fingerprint density at radius 3 is 2.71 bits per heavy atom. The Morgan fingerprint density at radius 1 is 1.43 bits per heavy atom. The van der Waals surface area contributed by atoms with Crippen molar-refractivity contribution < 1.29 is 12.6 Å². The van der Waals surface area contributed by atoms with Crippen molar-refractivity contribution in [3.8, 4) is 0 Å². The van der Waals surface area contributed by atoms with E-state index in [2.05, 4.69) is 4.18 Å². The predicted octanol–water partition coefficient (Wildman–Crippen LogP) is 2.21. The maximum atomic E-state index is 11.2. The topological polar surface area (TPSA) is 43.4 Å². The van der Waals surface area contributed by atoms with Gasteiger partial charge in [-0.1, -0.05) is 23.7 Å². The molecule has 0 aliphatic carbocycles. The van der Waals surface area contributed by atoms with Crippen LogP contribution in [-0.4, -0.2) is 15.0 Å². The fourth-order valence-electron chi connectivity index (χ4n) is 1.05. The summed E-state index contributed by atoms with van der Waals surface area (Å²) in [6.07, 6.45) is 0. The number of halogens is 1. The maximum Gasteiger partial charge on any atom is 0.271 e. The molecule has 1 rings (SSSR count). The van der Waals surface area contributed by atoms with Crippen LogP contribution in [0.2, 0.25) is 5.02 Å².